The van der Waals surface area contributed by atoms with Crippen LogP contribution in [0.1, 0.15) is 30.4 Å². The van der Waals surface area contributed by atoms with Gasteiger partial charge in [0.25, 0.3) is 0 Å². The Morgan fingerprint density at radius 3 is 2.95 bits per heavy atom. The summed E-state index contributed by atoms with van der Waals surface area (Å²) in [5.41, 5.74) is 3.90. The SMILES string of the molecule is CCCOc1cc2c(c3c(C)cccc13)[C@H](CCl)CN2P. The third-order valence-corrected chi connectivity index (χ3v) is 5.00. The highest BCUT2D eigenvalue weighted by atomic mass is 35.5. The van der Waals surface area contributed by atoms with Crippen LogP contribution >= 0.6 is 21.0 Å². The van der Waals surface area contributed by atoms with Crippen LogP contribution in [0.25, 0.3) is 10.8 Å². The third kappa shape index (κ3) is 2.49. The van der Waals surface area contributed by atoms with Crippen molar-refractivity contribution in [3.05, 3.63) is 35.4 Å². The Bertz CT molecular complexity index is 673. The Morgan fingerprint density at radius 2 is 2.24 bits per heavy atom. The van der Waals surface area contributed by atoms with E-state index >= 15 is 0 Å². The van der Waals surface area contributed by atoms with E-state index < -0.39 is 0 Å². The fourth-order valence-corrected chi connectivity index (χ4v) is 3.89. The van der Waals surface area contributed by atoms with Crippen molar-refractivity contribution in [2.75, 3.05) is 23.7 Å². The molecule has 0 aromatic heterocycles. The van der Waals surface area contributed by atoms with Gasteiger partial charge in [0.05, 0.1) is 6.61 Å². The lowest BCUT2D eigenvalue weighted by Crippen LogP contribution is -2.09. The van der Waals surface area contributed by atoms with Gasteiger partial charge in [-0.3, -0.25) is 0 Å². The normalized spacial score (nSPS) is 17.3. The largest absolute Gasteiger partial charge is 0.493 e. The van der Waals surface area contributed by atoms with Crippen molar-refractivity contribution in [3.8, 4) is 5.75 Å². The van der Waals surface area contributed by atoms with Gasteiger partial charge in [0.2, 0.25) is 0 Å². The molecular formula is C17H21ClNOP. The number of ether oxygens (including phenoxy) is 1. The van der Waals surface area contributed by atoms with Crippen molar-refractivity contribution < 1.29 is 4.74 Å². The predicted octanol–water partition coefficient (Wildman–Crippen LogP) is 4.87. The second-order valence-corrected chi connectivity index (χ2v) is 6.59. The summed E-state index contributed by atoms with van der Waals surface area (Å²) in [4.78, 5) is 0. The number of anilines is 1. The summed E-state index contributed by atoms with van der Waals surface area (Å²) in [7, 11) is 2.81. The van der Waals surface area contributed by atoms with E-state index in [1.54, 1.807) is 0 Å². The molecule has 2 nitrogen and oxygen atoms in total. The molecule has 4 heteroatoms. The van der Waals surface area contributed by atoms with E-state index in [9.17, 15) is 0 Å². The van der Waals surface area contributed by atoms with E-state index in [0.717, 1.165) is 25.3 Å². The summed E-state index contributed by atoms with van der Waals surface area (Å²) < 4.78 is 8.21. The van der Waals surface area contributed by atoms with Crippen molar-refractivity contribution >= 4 is 37.5 Å². The lowest BCUT2D eigenvalue weighted by atomic mass is 9.92. The minimum absolute atomic E-state index is 0.378. The molecule has 112 valence electrons. The lowest BCUT2D eigenvalue weighted by Gasteiger charge is -2.17. The van der Waals surface area contributed by atoms with E-state index in [0.29, 0.717) is 11.8 Å². The van der Waals surface area contributed by atoms with Crippen LogP contribution in [0.2, 0.25) is 0 Å². The smallest absolute Gasteiger partial charge is 0.129 e. The van der Waals surface area contributed by atoms with Crippen LogP contribution in [0, 0.1) is 6.92 Å². The molecule has 2 aromatic rings. The summed E-state index contributed by atoms with van der Waals surface area (Å²) in [5.74, 6) is 2.01. The van der Waals surface area contributed by atoms with E-state index in [1.807, 2.05) is 0 Å². The van der Waals surface area contributed by atoms with Gasteiger partial charge in [0.15, 0.2) is 0 Å². The van der Waals surface area contributed by atoms with Gasteiger partial charge in [-0.1, -0.05) is 25.1 Å². The summed E-state index contributed by atoms with van der Waals surface area (Å²) in [5, 5.41) is 2.52. The molecule has 2 atom stereocenters. The molecule has 0 spiro atoms. The van der Waals surface area contributed by atoms with Crippen LogP contribution in [0.5, 0.6) is 5.75 Å². The lowest BCUT2D eigenvalue weighted by molar-refractivity contribution is 0.321. The maximum absolute atomic E-state index is 6.21. The number of aryl methyl sites for hydroxylation is 1. The maximum atomic E-state index is 6.21. The molecule has 0 aliphatic carbocycles. The van der Waals surface area contributed by atoms with Gasteiger partial charge >= 0.3 is 0 Å². The average Bonchev–Trinajstić information content (AvgIpc) is 2.81. The van der Waals surface area contributed by atoms with Crippen LogP contribution in [0.4, 0.5) is 5.69 Å². The zero-order valence-corrected chi connectivity index (χ0v) is 14.4. The van der Waals surface area contributed by atoms with Gasteiger partial charge in [0, 0.05) is 35.5 Å². The van der Waals surface area contributed by atoms with Crippen LogP contribution in [-0.4, -0.2) is 19.0 Å². The molecule has 0 N–H and O–H groups in total. The van der Waals surface area contributed by atoms with Gasteiger partial charge < -0.3 is 9.41 Å². The summed E-state index contributed by atoms with van der Waals surface area (Å²) in [6, 6.07) is 8.60. The molecule has 3 rings (SSSR count). The predicted molar refractivity (Wildman–Crippen MR) is 95.0 cm³/mol. The van der Waals surface area contributed by atoms with Crippen molar-refractivity contribution in [1.82, 2.24) is 0 Å². The highest BCUT2D eigenvalue weighted by Gasteiger charge is 2.30. The van der Waals surface area contributed by atoms with Crippen LogP contribution in [0.3, 0.4) is 0 Å². The second kappa shape index (κ2) is 6.02. The molecule has 0 amide bonds. The molecule has 0 radical (unpaired) electrons. The number of nitrogens with zero attached hydrogens (tertiary/aromatic N) is 1. The van der Waals surface area contributed by atoms with Crippen LogP contribution in [0.15, 0.2) is 24.3 Å². The Kier molecular flexibility index (Phi) is 4.28. The number of rotatable bonds is 4. The Hall–Kier alpha value is -0.980. The number of halogens is 1. The first kappa shape index (κ1) is 14.9. The van der Waals surface area contributed by atoms with E-state index in [-0.39, 0.29) is 0 Å². The van der Waals surface area contributed by atoms with Gasteiger partial charge in [-0.2, -0.15) is 0 Å². The number of benzene rings is 2. The topological polar surface area (TPSA) is 12.5 Å². The van der Waals surface area contributed by atoms with Gasteiger partial charge in [0.1, 0.15) is 5.75 Å². The minimum Gasteiger partial charge on any atom is -0.493 e. The average molecular weight is 322 g/mol. The van der Waals surface area contributed by atoms with Crippen LogP contribution < -0.4 is 9.41 Å². The summed E-state index contributed by atoms with van der Waals surface area (Å²) >= 11 is 6.21. The molecule has 0 fully saturated rings. The first-order chi connectivity index (χ1) is 10.2. The molecular weight excluding hydrogens is 301 g/mol. The first-order valence-corrected chi connectivity index (χ1v) is 8.49. The van der Waals surface area contributed by atoms with Gasteiger partial charge in [-0.05, 0) is 39.2 Å². The zero-order valence-electron chi connectivity index (χ0n) is 12.5. The number of hydrogen-bond donors (Lipinski definition) is 0. The Labute approximate surface area is 133 Å². The summed E-state index contributed by atoms with van der Waals surface area (Å²) in [6.07, 6.45) is 1.01. The molecule has 1 aliphatic rings. The van der Waals surface area contributed by atoms with E-state index in [4.69, 9.17) is 16.3 Å². The summed E-state index contributed by atoms with van der Waals surface area (Å²) in [6.45, 7) is 6.00. The fraction of sp³-hybridized carbons (Fsp3) is 0.412. The van der Waals surface area contributed by atoms with E-state index in [1.165, 1.54) is 27.6 Å². The Morgan fingerprint density at radius 1 is 1.43 bits per heavy atom. The van der Waals surface area contributed by atoms with Crippen molar-refractivity contribution in [3.63, 3.8) is 0 Å². The molecule has 1 heterocycles. The molecule has 1 unspecified atom stereocenters. The highest BCUT2D eigenvalue weighted by Crippen LogP contribution is 2.47. The van der Waals surface area contributed by atoms with Gasteiger partial charge in [-0.25, -0.2) is 0 Å². The number of alkyl halides is 1. The maximum Gasteiger partial charge on any atom is 0.129 e. The fourth-order valence-electron chi connectivity index (χ4n) is 3.17. The van der Waals surface area contributed by atoms with Crippen LogP contribution in [-0.2, 0) is 0 Å². The third-order valence-electron chi connectivity index (χ3n) is 4.13. The molecule has 2 aromatic carbocycles. The highest BCUT2D eigenvalue weighted by molar-refractivity contribution is 7.19. The molecule has 21 heavy (non-hydrogen) atoms. The molecule has 0 bridgehead atoms. The van der Waals surface area contributed by atoms with Crippen molar-refractivity contribution in [2.24, 2.45) is 0 Å². The second-order valence-electron chi connectivity index (χ2n) is 5.66. The monoisotopic (exact) mass is 321 g/mol. The standard InChI is InChI=1S/C17H21ClNOP/c1-3-7-20-15-8-14-17(12(9-18)10-19(14)21)16-11(2)5-4-6-13(15)16/h4-6,8,12H,3,7,9-10,21H2,1-2H3/t12-/m1/s1. The number of hydrogen-bond acceptors (Lipinski definition) is 2. The molecule has 1 aliphatic heterocycles. The number of fused-ring (bicyclic) bond motifs is 3. The quantitative estimate of drug-likeness (QED) is 0.588. The van der Waals surface area contributed by atoms with Gasteiger partial charge in [-0.15, -0.1) is 11.6 Å². The minimum atomic E-state index is 0.378. The first-order valence-electron chi connectivity index (χ1n) is 7.44. The van der Waals surface area contributed by atoms with E-state index in [2.05, 4.69) is 52.2 Å². The Balaban J connectivity index is 2.28. The van der Waals surface area contributed by atoms with Crippen molar-refractivity contribution in [2.45, 2.75) is 26.2 Å². The zero-order chi connectivity index (χ0) is 15.0. The molecule has 0 saturated heterocycles. The molecule has 0 saturated carbocycles. The van der Waals surface area contributed by atoms with Crippen molar-refractivity contribution in [1.29, 1.82) is 0 Å².